The number of carbonyl (C=O) groups is 2. The summed E-state index contributed by atoms with van der Waals surface area (Å²) >= 11 is 7.41. The molecule has 1 atom stereocenters. The number of nitrogens with one attached hydrogen (secondary N) is 1. The first-order valence-corrected chi connectivity index (χ1v) is 7.99. The van der Waals surface area contributed by atoms with Crippen LogP contribution in [0.2, 0.25) is 5.02 Å². The van der Waals surface area contributed by atoms with Gasteiger partial charge in [0.1, 0.15) is 6.04 Å². The fraction of sp³-hybridized carbons (Fsp3) is 0.385. The monoisotopic (exact) mass is 346 g/mol. The Morgan fingerprint density at radius 1 is 1.50 bits per heavy atom. The van der Waals surface area contributed by atoms with Crippen LogP contribution in [0, 0.1) is 10.1 Å². The first-order valence-electron chi connectivity index (χ1n) is 6.22. The second-order valence-electron chi connectivity index (χ2n) is 4.25. The van der Waals surface area contributed by atoms with Crippen molar-refractivity contribution in [2.45, 2.75) is 12.5 Å². The van der Waals surface area contributed by atoms with Gasteiger partial charge in [-0.3, -0.25) is 14.9 Å². The van der Waals surface area contributed by atoms with E-state index in [1.807, 2.05) is 6.26 Å². The summed E-state index contributed by atoms with van der Waals surface area (Å²) in [4.78, 5) is 33.8. The molecule has 0 radical (unpaired) electrons. The van der Waals surface area contributed by atoms with E-state index in [1.165, 1.54) is 31.0 Å². The van der Waals surface area contributed by atoms with E-state index in [1.54, 1.807) is 0 Å². The number of nitro groups is 1. The van der Waals surface area contributed by atoms with E-state index >= 15 is 0 Å². The van der Waals surface area contributed by atoms with Gasteiger partial charge >= 0.3 is 5.97 Å². The molecule has 0 saturated carbocycles. The van der Waals surface area contributed by atoms with Crippen LogP contribution in [0.3, 0.4) is 0 Å². The highest BCUT2D eigenvalue weighted by molar-refractivity contribution is 7.98. The molecule has 0 aromatic heterocycles. The molecular weight excluding hydrogens is 332 g/mol. The summed E-state index contributed by atoms with van der Waals surface area (Å²) in [6, 6.07) is 2.72. The second-order valence-corrected chi connectivity index (χ2v) is 5.64. The highest BCUT2D eigenvalue weighted by Gasteiger charge is 2.23. The number of hydrogen-bond donors (Lipinski definition) is 1. The average molecular weight is 347 g/mol. The van der Waals surface area contributed by atoms with E-state index < -0.39 is 22.8 Å². The topological polar surface area (TPSA) is 98.5 Å². The lowest BCUT2D eigenvalue weighted by atomic mass is 10.1. The van der Waals surface area contributed by atoms with Crippen molar-refractivity contribution in [2.24, 2.45) is 0 Å². The summed E-state index contributed by atoms with van der Waals surface area (Å²) in [5.41, 5.74) is -0.154. The third-order valence-corrected chi connectivity index (χ3v) is 3.77. The van der Waals surface area contributed by atoms with Gasteiger partial charge in [0.2, 0.25) is 0 Å². The molecule has 7 nitrogen and oxygen atoms in total. The van der Waals surface area contributed by atoms with Crippen LogP contribution in [-0.2, 0) is 9.53 Å². The van der Waals surface area contributed by atoms with E-state index in [0.717, 1.165) is 6.07 Å². The molecule has 1 amide bonds. The van der Waals surface area contributed by atoms with Gasteiger partial charge in [0.25, 0.3) is 11.6 Å². The Hall–Kier alpha value is -1.80. The quantitative estimate of drug-likeness (QED) is 0.462. The first-order chi connectivity index (χ1) is 10.4. The number of hydrogen-bond acceptors (Lipinski definition) is 6. The molecule has 0 unspecified atom stereocenters. The Bertz CT molecular complexity index is 582. The molecule has 1 aromatic rings. The molecule has 0 aliphatic carbocycles. The number of nitro benzene ring substituents is 1. The standard InChI is InChI=1S/C13H15ClN2O5S/c1-21-13(18)11(5-6-22-2)15-12(17)9-4-3-8(16(19)20)7-10(9)14/h3-4,7,11H,5-6H2,1-2H3,(H,15,17)/t11-/m1/s1. The minimum Gasteiger partial charge on any atom is -0.467 e. The number of thioether (sulfide) groups is 1. The molecule has 0 bridgehead atoms. The largest absolute Gasteiger partial charge is 0.467 e. The van der Waals surface area contributed by atoms with Crippen LogP contribution in [0.4, 0.5) is 5.69 Å². The van der Waals surface area contributed by atoms with Gasteiger partial charge in [-0.15, -0.1) is 0 Å². The van der Waals surface area contributed by atoms with Crippen molar-refractivity contribution < 1.29 is 19.2 Å². The lowest BCUT2D eigenvalue weighted by molar-refractivity contribution is -0.384. The van der Waals surface area contributed by atoms with Gasteiger partial charge in [0.15, 0.2) is 0 Å². The number of ether oxygens (including phenoxy) is 1. The minimum atomic E-state index is -0.795. The number of methoxy groups -OCH3 is 1. The normalized spacial score (nSPS) is 11.6. The number of rotatable bonds is 7. The van der Waals surface area contributed by atoms with Crippen LogP contribution < -0.4 is 5.32 Å². The van der Waals surface area contributed by atoms with Gasteiger partial charge in [-0.25, -0.2) is 4.79 Å². The SMILES string of the molecule is COC(=O)[C@@H](CCSC)NC(=O)c1ccc([N+](=O)[O-])cc1Cl. The number of amides is 1. The van der Waals surface area contributed by atoms with Crippen molar-refractivity contribution in [3.63, 3.8) is 0 Å². The molecule has 120 valence electrons. The van der Waals surface area contributed by atoms with Crippen LogP contribution in [0.1, 0.15) is 16.8 Å². The number of carbonyl (C=O) groups excluding carboxylic acids is 2. The molecule has 22 heavy (non-hydrogen) atoms. The summed E-state index contributed by atoms with van der Waals surface area (Å²) in [7, 11) is 1.24. The smallest absolute Gasteiger partial charge is 0.328 e. The number of esters is 1. The number of nitrogens with zero attached hydrogens (tertiary/aromatic N) is 1. The van der Waals surface area contributed by atoms with E-state index in [9.17, 15) is 19.7 Å². The summed E-state index contributed by atoms with van der Waals surface area (Å²) in [6.45, 7) is 0. The summed E-state index contributed by atoms with van der Waals surface area (Å²) in [5, 5.41) is 13.1. The van der Waals surface area contributed by atoms with Gasteiger partial charge in [-0.2, -0.15) is 11.8 Å². The second kappa shape index (κ2) is 8.60. The molecule has 0 aliphatic rings. The molecule has 9 heteroatoms. The van der Waals surface area contributed by atoms with Crippen LogP contribution in [0.5, 0.6) is 0 Å². The molecule has 0 spiro atoms. The third kappa shape index (κ3) is 4.88. The lowest BCUT2D eigenvalue weighted by Gasteiger charge is -2.16. The van der Waals surface area contributed by atoms with E-state index in [2.05, 4.69) is 10.1 Å². The Labute approximate surface area is 136 Å². The summed E-state index contributed by atoms with van der Waals surface area (Å²) in [6.07, 6.45) is 2.29. The summed E-state index contributed by atoms with van der Waals surface area (Å²) < 4.78 is 4.64. The van der Waals surface area contributed by atoms with Crippen molar-refractivity contribution >= 4 is 40.9 Å². The third-order valence-electron chi connectivity index (χ3n) is 2.81. The van der Waals surface area contributed by atoms with Gasteiger partial charge in [0, 0.05) is 12.1 Å². The molecule has 1 rings (SSSR count). The van der Waals surface area contributed by atoms with Crippen molar-refractivity contribution in [1.29, 1.82) is 0 Å². The zero-order valence-electron chi connectivity index (χ0n) is 12.0. The lowest BCUT2D eigenvalue weighted by Crippen LogP contribution is -2.42. The van der Waals surface area contributed by atoms with Gasteiger partial charge in [-0.1, -0.05) is 11.6 Å². The first kappa shape index (κ1) is 18.2. The fourth-order valence-corrected chi connectivity index (χ4v) is 2.40. The maximum absolute atomic E-state index is 12.2. The Balaban J connectivity index is 2.89. The zero-order valence-corrected chi connectivity index (χ0v) is 13.6. The fourth-order valence-electron chi connectivity index (χ4n) is 1.66. The maximum atomic E-state index is 12.2. The van der Waals surface area contributed by atoms with Crippen molar-refractivity contribution in [3.8, 4) is 0 Å². The number of halogens is 1. The predicted octanol–water partition coefficient (Wildman–Crippen LogP) is 2.27. The van der Waals surface area contributed by atoms with Crippen LogP contribution in [0.15, 0.2) is 18.2 Å². The minimum absolute atomic E-state index is 0.0554. The molecule has 0 fully saturated rings. The zero-order chi connectivity index (χ0) is 16.7. The van der Waals surface area contributed by atoms with Gasteiger partial charge in [-0.05, 0) is 24.5 Å². The van der Waals surface area contributed by atoms with E-state index in [-0.39, 0.29) is 16.3 Å². The molecule has 1 aromatic carbocycles. The van der Waals surface area contributed by atoms with E-state index in [4.69, 9.17) is 11.6 Å². The Kier molecular flexibility index (Phi) is 7.13. The van der Waals surface area contributed by atoms with Crippen LogP contribution in [-0.4, -0.2) is 42.0 Å². The van der Waals surface area contributed by atoms with Gasteiger partial charge < -0.3 is 10.1 Å². The van der Waals surface area contributed by atoms with Crippen molar-refractivity contribution in [3.05, 3.63) is 38.9 Å². The molecule has 0 heterocycles. The van der Waals surface area contributed by atoms with Crippen molar-refractivity contribution in [1.82, 2.24) is 5.32 Å². The highest BCUT2D eigenvalue weighted by Crippen LogP contribution is 2.22. The van der Waals surface area contributed by atoms with Gasteiger partial charge in [0.05, 0.1) is 22.6 Å². The average Bonchev–Trinajstić information content (AvgIpc) is 2.50. The van der Waals surface area contributed by atoms with Crippen molar-refractivity contribution in [2.75, 3.05) is 19.1 Å². The summed E-state index contributed by atoms with van der Waals surface area (Å²) in [5.74, 6) is -0.481. The number of benzene rings is 1. The molecule has 0 aliphatic heterocycles. The maximum Gasteiger partial charge on any atom is 0.328 e. The number of non-ortho nitro benzene ring substituents is 1. The molecule has 0 saturated heterocycles. The Morgan fingerprint density at radius 3 is 2.68 bits per heavy atom. The molecular formula is C13H15ClN2O5S. The van der Waals surface area contributed by atoms with Crippen LogP contribution in [0.25, 0.3) is 0 Å². The Morgan fingerprint density at radius 2 is 2.18 bits per heavy atom. The van der Waals surface area contributed by atoms with Crippen LogP contribution >= 0.6 is 23.4 Å². The van der Waals surface area contributed by atoms with E-state index in [0.29, 0.717) is 12.2 Å². The highest BCUT2D eigenvalue weighted by atomic mass is 35.5. The predicted molar refractivity (Wildman–Crippen MR) is 84.4 cm³/mol. The molecule has 1 N–H and O–H groups in total.